The highest BCUT2D eigenvalue weighted by Crippen LogP contribution is 2.14. The van der Waals surface area contributed by atoms with Gasteiger partial charge in [0.05, 0.1) is 0 Å². The molecule has 3 nitrogen and oxygen atoms in total. The molecule has 1 N–H and O–H groups in total. The van der Waals surface area contributed by atoms with Crippen LogP contribution in [0.5, 0.6) is 5.75 Å². The van der Waals surface area contributed by atoms with Gasteiger partial charge in [0.1, 0.15) is 11.8 Å². The molecule has 0 saturated heterocycles. The van der Waals surface area contributed by atoms with Gasteiger partial charge in [-0.2, -0.15) is 5.26 Å². The lowest BCUT2D eigenvalue weighted by molar-refractivity contribution is 0.252. The van der Waals surface area contributed by atoms with E-state index in [-0.39, 0.29) is 6.10 Å². The summed E-state index contributed by atoms with van der Waals surface area (Å²) in [5, 5.41) is 11.8. The van der Waals surface area contributed by atoms with Crippen molar-refractivity contribution in [2.45, 2.75) is 26.0 Å². The Labute approximate surface area is 90.7 Å². The van der Waals surface area contributed by atoms with Crippen molar-refractivity contribution >= 4 is 0 Å². The Morgan fingerprint density at radius 1 is 1.40 bits per heavy atom. The van der Waals surface area contributed by atoms with Gasteiger partial charge in [-0.1, -0.05) is 19.1 Å². The summed E-state index contributed by atoms with van der Waals surface area (Å²) in [5.74, 6) is 0.753. The molecule has 15 heavy (non-hydrogen) atoms. The van der Waals surface area contributed by atoms with Gasteiger partial charge in [0.15, 0.2) is 6.10 Å². The number of rotatable bonds is 5. The van der Waals surface area contributed by atoms with Crippen LogP contribution in [0.2, 0.25) is 0 Å². The molecule has 0 spiro atoms. The minimum absolute atomic E-state index is 0.347. The van der Waals surface area contributed by atoms with Crippen molar-refractivity contribution in [3.05, 3.63) is 29.8 Å². The van der Waals surface area contributed by atoms with Gasteiger partial charge < -0.3 is 10.1 Å². The second-order valence-electron chi connectivity index (χ2n) is 3.32. The van der Waals surface area contributed by atoms with E-state index in [0.29, 0.717) is 6.42 Å². The third kappa shape index (κ3) is 3.61. The molecular formula is C12H16N2O. The largest absolute Gasteiger partial charge is 0.476 e. The third-order valence-corrected chi connectivity index (χ3v) is 2.10. The van der Waals surface area contributed by atoms with Crippen molar-refractivity contribution in [1.29, 1.82) is 5.26 Å². The average molecular weight is 204 g/mol. The Hall–Kier alpha value is -1.53. The van der Waals surface area contributed by atoms with E-state index in [0.717, 1.165) is 12.3 Å². The molecule has 0 bridgehead atoms. The van der Waals surface area contributed by atoms with E-state index in [1.54, 1.807) is 0 Å². The highest BCUT2D eigenvalue weighted by molar-refractivity contribution is 5.27. The van der Waals surface area contributed by atoms with E-state index in [1.165, 1.54) is 5.56 Å². The molecule has 0 aliphatic heterocycles. The summed E-state index contributed by atoms with van der Waals surface area (Å²) in [7, 11) is 1.91. The molecule has 1 unspecified atom stereocenters. The van der Waals surface area contributed by atoms with Crippen LogP contribution in [0.3, 0.4) is 0 Å². The number of hydrogen-bond acceptors (Lipinski definition) is 3. The molecule has 0 aliphatic rings. The number of ether oxygens (including phenoxy) is 1. The first kappa shape index (κ1) is 11.5. The SMILES string of the molecule is CCC(C#N)Oc1ccc(CNC)cc1. The second-order valence-corrected chi connectivity index (χ2v) is 3.32. The van der Waals surface area contributed by atoms with Gasteiger partial charge in [-0.15, -0.1) is 0 Å². The number of hydrogen-bond donors (Lipinski definition) is 1. The van der Waals surface area contributed by atoms with E-state index in [1.807, 2.05) is 38.2 Å². The minimum Gasteiger partial charge on any atom is -0.476 e. The van der Waals surface area contributed by atoms with Crippen LogP contribution in [0.1, 0.15) is 18.9 Å². The van der Waals surface area contributed by atoms with Crippen LogP contribution in [-0.4, -0.2) is 13.2 Å². The van der Waals surface area contributed by atoms with Gasteiger partial charge in [0, 0.05) is 6.54 Å². The van der Waals surface area contributed by atoms with Crippen LogP contribution >= 0.6 is 0 Å². The van der Waals surface area contributed by atoms with E-state index in [2.05, 4.69) is 11.4 Å². The van der Waals surface area contributed by atoms with Gasteiger partial charge in [0.2, 0.25) is 0 Å². The quantitative estimate of drug-likeness (QED) is 0.798. The molecule has 0 aliphatic carbocycles. The van der Waals surface area contributed by atoms with Crippen molar-refractivity contribution in [1.82, 2.24) is 5.32 Å². The van der Waals surface area contributed by atoms with Crippen molar-refractivity contribution in [2.24, 2.45) is 0 Å². The summed E-state index contributed by atoms with van der Waals surface area (Å²) < 4.78 is 5.46. The van der Waals surface area contributed by atoms with Crippen molar-refractivity contribution in [3.63, 3.8) is 0 Å². The lowest BCUT2D eigenvalue weighted by atomic mass is 10.2. The fraction of sp³-hybridized carbons (Fsp3) is 0.417. The summed E-state index contributed by atoms with van der Waals surface area (Å²) >= 11 is 0. The number of nitriles is 1. The molecule has 3 heteroatoms. The fourth-order valence-electron chi connectivity index (χ4n) is 1.26. The Bertz CT molecular complexity index is 326. The summed E-state index contributed by atoms with van der Waals surface area (Å²) in [6.45, 7) is 2.78. The Balaban J connectivity index is 2.60. The van der Waals surface area contributed by atoms with Crippen molar-refractivity contribution in [3.8, 4) is 11.8 Å². The standard InChI is InChI=1S/C12H16N2O/c1-3-11(8-13)15-12-6-4-10(5-7-12)9-14-2/h4-7,11,14H,3,9H2,1-2H3. The normalized spacial score (nSPS) is 11.8. The molecule has 0 fully saturated rings. The molecule has 1 aromatic carbocycles. The molecule has 1 rings (SSSR count). The zero-order valence-electron chi connectivity index (χ0n) is 9.16. The summed E-state index contributed by atoms with van der Waals surface area (Å²) in [5.41, 5.74) is 1.20. The van der Waals surface area contributed by atoms with Crippen LogP contribution in [0.4, 0.5) is 0 Å². The van der Waals surface area contributed by atoms with E-state index in [9.17, 15) is 0 Å². The van der Waals surface area contributed by atoms with Gasteiger partial charge in [-0.05, 0) is 31.2 Å². The second kappa shape index (κ2) is 6.05. The van der Waals surface area contributed by atoms with Gasteiger partial charge in [0.25, 0.3) is 0 Å². The molecule has 0 amide bonds. The molecule has 0 radical (unpaired) electrons. The number of nitrogens with zero attached hydrogens (tertiary/aromatic N) is 1. The van der Waals surface area contributed by atoms with Crippen LogP contribution < -0.4 is 10.1 Å². The zero-order valence-corrected chi connectivity index (χ0v) is 9.16. The van der Waals surface area contributed by atoms with Crippen molar-refractivity contribution < 1.29 is 4.74 Å². The number of benzene rings is 1. The van der Waals surface area contributed by atoms with Gasteiger partial charge in [-0.25, -0.2) is 0 Å². The molecule has 80 valence electrons. The maximum atomic E-state index is 8.74. The molecular weight excluding hydrogens is 188 g/mol. The van der Waals surface area contributed by atoms with E-state index in [4.69, 9.17) is 10.00 Å². The van der Waals surface area contributed by atoms with Crippen LogP contribution in [0, 0.1) is 11.3 Å². The Morgan fingerprint density at radius 3 is 2.53 bits per heavy atom. The lowest BCUT2D eigenvalue weighted by Crippen LogP contribution is -2.12. The first-order valence-corrected chi connectivity index (χ1v) is 5.10. The molecule has 0 aromatic heterocycles. The Kier molecular flexibility index (Phi) is 4.65. The molecule has 1 aromatic rings. The van der Waals surface area contributed by atoms with Crippen LogP contribution in [-0.2, 0) is 6.54 Å². The zero-order chi connectivity index (χ0) is 11.1. The predicted octanol–water partition coefficient (Wildman–Crippen LogP) is 2.09. The molecule has 0 heterocycles. The van der Waals surface area contributed by atoms with Gasteiger partial charge in [-0.3, -0.25) is 0 Å². The predicted molar refractivity (Wildman–Crippen MR) is 59.5 cm³/mol. The maximum Gasteiger partial charge on any atom is 0.184 e. The first-order chi connectivity index (χ1) is 7.30. The fourth-order valence-corrected chi connectivity index (χ4v) is 1.26. The topological polar surface area (TPSA) is 45.0 Å². The van der Waals surface area contributed by atoms with Crippen LogP contribution in [0.25, 0.3) is 0 Å². The Morgan fingerprint density at radius 2 is 2.07 bits per heavy atom. The monoisotopic (exact) mass is 204 g/mol. The lowest BCUT2D eigenvalue weighted by Gasteiger charge is -2.10. The highest BCUT2D eigenvalue weighted by atomic mass is 16.5. The average Bonchev–Trinajstić information content (AvgIpc) is 2.28. The summed E-state index contributed by atoms with van der Waals surface area (Å²) in [6, 6.07) is 9.89. The minimum atomic E-state index is -0.347. The highest BCUT2D eigenvalue weighted by Gasteiger charge is 2.05. The number of nitrogens with one attached hydrogen (secondary N) is 1. The van der Waals surface area contributed by atoms with Crippen LogP contribution in [0.15, 0.2) is 24.3 Å². The smallest absolute Gasteiger partial charge is 0.184 e. The van der Waals surface area contributed by atoms with E-state index < -0.39 is 0 Å². The maximum absolute atomic E-state index is 8.74. The first-order valence-electron chi connectivity index (χ1n) is 5.10. The molecule has 0 saturated carbocycles. The van der Waals surface area contributed by atoms with Gasteiger partial charge >= 0.3 is 0 Å². The molecule has 1 atom stereocenters. The van der Waals surface area contributed by atoms with E-state index >= 15 is 0 Å². The van der Waals surface area contributed by atoms with Crippen molar-refractivity contribution in [2.75, 3.05) is 7.05 Å². The summed E-state index contributed by atoms with van der Waals surface area (Å²) in [6.07, 6.45) is 0.356. The summed E-state index contributed by atoms with van der Waals surface area (Å²) in [4.78, 5) is 0. The third-order valence-electron chi connectivity index (χ3n) is 2.10.